The van der Waals surface area contributed by atoms with E-state index in [1.807, 2.05) is 17.1 Å². The van der Waals surface area contributed by atoms with Crippen molar-refractivity contribution < 1.29 is 4.79 Å². The van der Waals surface area contributed by atoms with E-state index in [4.69, 9.17) is 0 Å². The first-order valence-corrected chi connectivity index (χ1v) is 9.32. The lowest BCUT2D eigenvalue weighted by atomic mass is 10.1. The highest BCUT2D eigenvalue weighted by atomic mass is 16.2. The molecular weight excluding hydrogens is 330 g/mol. The van der Waals surface area contributed by atoms with Crippen LogP contribution in [0.1, 0.15) is 55.7 Å². The van der Waals surface area contributed by atoms with Gasteiger partial charge in [0.05, 0.1) is 12.2 Å². The number of aromatic nitrogens is 5. The van der Waals surface area contributed by atoms with Gasteiger partial charge in [-0.05, 0) is 30.7 Å². The summed E-state index contributed by atoms with van der Waals surface area (Å²) in [5.74, 6) is 1.03. The van der Waals surface area contributed by atoms with Crippen LogP contribution in [-0.2, 0) is 6.42 Å². The summed E-state index contributed by atoms with van der Waals surface area (Å²) in [5, 5.41) is 11.1. The Labute approximate surface area is 154 Å². The number of piperidine rings is 1. The van der Waals surface area contributed by atoms with Crippen LogP contribution in [0.5, 0.6) is 0 Å². The molecule has 26 heavy (non-hydrogen) atoms. The molecule has 0 bridgehead atoms. The zero-order valence-corrected chi connectivity index (χ0v) is 15.7. The minimum absolute atomic E-state index is 0.160. The molecule has 8 nitrogen and oxygen atoms in total. The second kappa shape index (κ2) is 8.25. The maximum atomic E-state index is 12.1. The molecule has 1 aliphatic heterocycles. The van der Waals surface area contributed by atoms with Gasteiger partial charge in [-0.1, -0.05) is 26.0 Å². The van der Waals surface area contributed by atoms with Crippen LogP contribution in [0.4, 0.5) is 5.95 Å². The summed E-state index contributed by atoms with van der Waals surface area (Å²) < 4.78 is 1.82. The second-order valence-electron chi connectivity index (χ2n) is 7.15. The van der Waals surface area contributed by atoms with E-state index >= 15 is 0 Å². The molecule has 0 atom stereocenters. The number of nitrogens with one attached hydrogen (secondary N) is 1. The molecule has 2 aromatic heterocycles. The Morgan fingerprint density at radius 1 is 1.27 bits per heavy atom. The number of hydrogen-bond donors (Lipinski definition) is 1. The Balaban J connectivity index is 1.55. The van der Waals surface area contributed by atoms with Crippen molar-refractivity contribution in [3.8, 4) is 0 Å². The van der Waals surface area contributed by atoms with Gasteiger partial charge in [-0.25, -0.2) is 14.6 Å². The van der Waals surface area contributed by atoms with Crippen molar-refractivity contribution in [3.05, 3.63) is 29.8 Å². The van der Waals surface area contributed by atoms with E-state index < -0.39 is 0 Å². The van der Waals surface area contributed by atoms with Crippen LogP contribution in [-0.4, -0.2) is 50.5 Å². The molecule has 140 valence electrons. The lowest BCUT2D eigenvalue weighted by molar-refractivity contribution is 0.0944. The standard InChI is InChI=1S/C18H27N7O/c1-4-14-10-20-18(21-11-14)24-7-5-15(6-8-24)25-12-16(22-23-25)17(26)19-9-13(2)3/h10-13,15H,4-9H2,1-3H3,(H,19,26). The number of rotatable bonds is 6. The topological polar surface area (TPSA) is 88.8 Å². The van der Waals surface area contributed by atoms with Gasteiger partial charge < -0.3 is 10.2 Å². The van der Waals surface area contributed by atoms with Crippen LogP contribution in [0.2, 0.25) is 0 Å². The van der Waals surface area contributed by atoms with Gasteiger partial charge >= 0.3 is 0 Å². The van der Waals surface area contributed by atoms with Gasteiger partial charge in [0.2, 0.25) is 5.95 Å². The number of nitrogens with zero attached hydrogens (tertiary/aromatic N) is 6. The van der Waals surface area contributed by atoms with Crippen LogP contribution in [0.25, 0.3) is 0 Å². The fourth-order valence-electron chi connectivity index (χ4n) is 2.97. The van der Waals surface area contributed by atoms with E-state index in [2.05, 4.69) is 51.3 Å². The van der Waals surface area contributed by atoms with Gasteiger partial charge in [-0.15, -0.1) is 5.10 Å². The summed E-state index contributed by atoms with van der Waals surface area (Å²) in [5.41, 5.74) is 1.53. The van der Waals surface area contributed by atoms with E-state index in [9.17, 15) is 4.79 Å². The Bertz CT molecular complexity index is 717. The fourth-order valence-corrected chi connectivity index (χ4v) is 2.97. The van der Waals surface area contributed by atoms with E-state index in [-0.39, 0.29) is 11.9 Å². The average molecular weight is 357 g/mol. The number of aryl methyl sites for hydroxylation is 1. The number of anilines is 1. The SMILES string of the molecule is CCc1cnc(N2CCC(n3cc(C(=O)NCC(C)C)nn3)CC2)nc1. The molecule has 3 rings (SSSR count). The molecule has 3 heterocycles. The Morgan fingerprint density at radius 3 is 2.58 bits per heavy atom. The fraction of sp³-hybridized carbons (Fsp3) is 0.611. The number of amides is 1. The summed E-state index contributed by atoms with van der Waals surface area (Å²) in [4.78, 5) is 23.2. The van der Waals surface area contributed by atoms with E-state index in [1.54, 1.807) is 6.20 Å². The quantitative estimate of drug-likeness (QED) is 0.849. The smallest absolute Gasteiger partial charge is 0.273 e. The molecular formula is C18H27N7O. The highest BCUT2D eigenvalue weighted by molar-refractivity contribution is 5.91. The first kappa shape index (κ1) is 18.3. The summed E-state index contributed by atoms with van der Waals surface area (Å²) in [6.45, 7) is 8.59. The number of carbonyl (C=O) groups is 1. The van der Waals surface area contributed by atoms with Gasteiger partial charge in [0.25, 0.3) is 5.91 Å². The summed E-state index contributed by atoms with van der Waals surface area (Å²) >= 11 is 0. The number of hydrogen-bond acceptors (Lipinski definition) is 6. The second-order valence-corrected chi connectivity index (χ2v) is 7.15. The Kier molecular flexibility index (Phi) is 5.80. The minimum Gasteiger partial charge on any atom is -0.350 e. The maximum Gasteiger partial charge on any atom is 0.273 e. The predicted molar refractivity (Wildman–Crippen MR) is 99.1 cm³/mol. The highest BCUT2D eigenvalue weighted by Crippen LogP contribution is 2.24. The third-order valence-corrected chi connectivity index (χ3v) is 4.64. The third kappa shape index (κ3) is 4.36. The zero-order chi connectivity index (χ0) is 18.5. The van der Waals surface area contributed by atoms with E-state index in [0.717, 1.165) is 43.9 Å². The van der Waals surface area contributed by atoms with Crippen LogP contribution >= 0.6 is 0 Å². The first-order chi connectivity index (χ1) is 12.6. The molecule has 1 aliphatic rings. The molecule has 1 saturated heterocycles. The third-order valence-electron chi connectivity index (χ3n) is 4.64. The molecule has 1 N–H and O–H groups in total. The van der Waals surface area contributed by atoms with Crippen molar-refractivity contribution in [2.45, 2.75) is 46.1 Å². The van der Waals surface area contributed by atoms with Gasteiger partial charge in [-0.3, -0.25) is 4.79 Å². The monoisotopic (exact) mass is 357 g/mol. The minimum atomic E-state index is -0.160. The highest BCUT2D eigenvalue weighted by Gasteiger charge is 2.24. The molecule has 0 unspecified atom stereocenters. The lowest BCUT2D eigenvalue weighted by Crippen LogP contribution is -2.36. The molecule has 1 amide bonds. The molecule has 2 aromatic rings. The molecule has 8 heteroatoms. The van der Waals surface area contributed by atoms with Crippen LogP contribution in [0.15, 0.2) is 18.6 Å². The maximum absolute atomic E-state index is 12.1. The van der Waals surface area contributed by atoms with Crippen molar-refractivity contribution in [2.75, 3.05) is 24.5 Å². The molecule has 1 fully saturated rings. The predicted octanol–water partition coefficient (Wildman–Crippen LogP) is 1.86. The zero-order valence-electron chi connectivity index (χ0n) is 15.7. The average Bonchev–Trinajstić information content (AvgIpc) is 3.16. The van der Waals surface area contributed by atoms with Gasteiger partial charge in [0.1, 0.15) is 0 Å². The first-order valence-electron chi connectivity index (χ1n) is 9.32. The largest absolute Gasteiger partial charge is 0.350 e. The summed E-state index contributed by atoms with van der Waals surface area (Å²) in [6, 6.07) is 0.250. The molecule has 0 spiro atoms. The van der Waals surface area contributed by atoms with Crippen molar-refractivity contribution >= 4 is 11.9 Å². The lowest BCUT2D eigenvalue weighted by Gasteiger charge is -2.31. The Hall–Kier alpha value is -2.51. The van der Waals surface area contributed by atoms with E-state index in [0.29, 0.717) is 18.2 Å². The molecule has 0 saturated carbocycles. The van der Waals surface area contributed by atoms with Crippen LogP contribution < -0.4 is 10.2 Å². The van der Waals surface area contributed by atoms with Crippen LogP contribution in [0, 0.1) is 5.92 Å². The van der Waals surface area contributed by atoms with Crippen molar-refractivity contribution in [1.82, 2.24) is 30.3 Å². The molecule has 0 aromatic carbocycles. The van der Waals surface area contributed by atoms with Gasteiger partial charge in [0, 0.05) is 32.0 Å². The Morgan fingerprint density at radius 2 is 1.96 bits per heavy atom. The van der Waals surface area contributed by atoms with E-state index in [1.165, 1.54) is 0 Å². The van der Waals surface area contributed by atoms with Gasteiger partial charge in [0.15, 0.2) is 5.69 Å². The van der Waals surface area contributed by atoms with Crippen molar-refractivity contribution in [1.29, 1.82) is 0 Å². The van der Waals surface area contributed by atoms with Gasteiger partial charge in [-0.2, -0.15) is 0 Å². The van der Waals surface area contributed by atoms with Crippen molar-refractivity contribution in [2.24, 2.45) is 5.92 Å². The molecule has 0 aliphatic carbocycles. The van der Waals surface area contributed by atoms with Crippen molar-refractivity contribution in [3.63, 3.8) is 0 Å². The number of carbonyl (C=O) groups excluding carboxylic acids is 1. The summed E-state index contributed by atoms with van der Waals surface area (Å²) in [6.07, 6.45) is 8.34. The summed E-state index contributed by atoms with van der Waals surface area (Å²) in [7, 11) is 0. The molecule has 0 radical (unpaired) electrons. The normalized spacial score (nSPS) is 15.5. The van der Waals surface area contributed by atoms with Crippen LogP contribution in [0.3, 0.4) is 0 Å².